The van der Waals surface area contributed by atoms with Crippen molar-refractivity contribution < 1.29 is 13.3 Å². The number of nitrogens with zero attached hydrogens (tertiary/aromatic N) is 1. The van der Waals surface area contributed by atoms with E-state index < -0.39 is 20.6 Å². The Morgan fingerprint density at radius 1 is 1.20 bits per heavy atom. The quantitative estimate of drug-likeness (QED) is 0.648. The highest BCUT2D eigenvalue weighted by atomic mass is 32.2. The molecule has 0 bridgehead atoms. The molecule has 114 valence electrons. The fourth-order valence-corrected chi connectivity index (χ4v) is 2.63. The summed E-state index contributed by atoms with van der Waals surface area (Å²) in [6.07, 6.45) is 0. The Labute approximate surface area is 119 Å². The summed E-state index contributed by atoms with van der Waals surface area (Å²) in [6.45, 7) is 7.18. The first-order valence-corrected chi connectivity index (χ1v) is 7.57. The van der Waals surface area contributed by atoms with Gasteiger partial charge in [-0.05, 0) is 26.0 Å². The first-order chi connectivity index (χ1) is 9.08. The van der Waals surface area contributed by atoms with Gasteiger partial charge in [0.15, 0.2) is 4.90 Å². The Hall–Kier alpha value is -1.51. The molecule has 20 heavy (non-hydrogen) atoms. The normalized spacial score (nSPS) is 11.2. The summed E-state index contributed by atoms with van der Waals surface area (Å²) >= 11 is 0. The van der Waals surface area contributed by atoms with Crippen LogP contribution in [0, 0.1) is 10.1 Å². The van der Waals surface area contributed by atoms with Crippen molar-refractivity contribution in [1.82, 2.24) is 4.72 Å². The predicted octanol–water partition coefficient (Wildman–Crippen LogP) is 1.64. The van der Waals surface area contributed by atoms with Crippen LogP contribution < -0.4 is 10.5 Å². The van der Waals surface area contributed by atoms with Crippen LogP contribution in [0.3, 0.4) is 0 Å². The van der Waals surface area contributed by atoms with Crippen LogP contribution in [0.4, 0.5) is 5.69 Å². The summed E-state index contributed by atoms with van der Waals surface area (Å²) in [6, 6.07) is 5.26. The Kier molecular flexibility index (Phi) is 7.33. The van der Waals surface area contributed by atoms with Crippen LogP contribution in [0.1, 0.15) is 27.7 Å². The monoisotopic (exact) mass is 303 g/mol. The minimum absolute atomic E-state index is 0.311. The molecular formula is C12H21N3O4S. The maximum absolute atomic E-state index is 11.8. The molecule has 0 aliphatic heterocycles. The lowest BCUT2D eigenvalue weighted by Gasteiger charge is -2.09. The lowest BCUT2D eigenvalue weighted by atomic mass is 10.3. The lowest BCUT2D eigenvalue weighted by Crippen LogP contribution is -2.30. The highest BCUT2D eigenvalue weighted by Crippen LogP contribution is 2.22. The molecule has 0 unspecified atom stereocenters. The molecule has 0 saturated heterocycles. The van der Waals surface area contributed by atoms with E-state index in [1.807, 2.05) is 13.8 Å². The van der Waals surface area contributed by atoms with Crippen LogP contribution in [0.5, 0.6) is 0 Å². The third-order valence-electron chi connectivity index (χ3n) is 1.74. The number of rotatable bonds is 4. The van der Waals surface area contributed by atoms with Gasteiger partial charge in [-0.25, -0.2) is 13.1 Å². The van der Waals surface area contributed by atoms with E-state index in [1.165, 1.54) is 18.2 Å². The minimum atomic E-state index is -3.83. The van der Waals surface area contributed by atoms with Crippen LogP contribution in [0.25, 0.3) is 0 Å². The zero-order chi connectivity index (χ0) is 15.9. The van der Waals surface area contributed by atoms with Crippen molar-refractivity contribution in [2.45, 2.75) is 44.7 Å². The van der Waals surface area contributed by atoms with Crippen LogP contribution in [-0.4, -0.2) is 25.4 Å². The number of hydrogen-bond donors (Lipinski definition) is 2. The molecule has 7 nitrogen and oxygen atoms in total. The lowest BCUT2D eigenvalue weighted by molar-refractivity contribution is -0.387. The topological polar surface area (TPSA) is 115 Å². The summed E-state index contributed by atoms with van der Waals surface area (Å²) in [5.74, 6) is 0. The number of benzene rings is 1. The molecule has 0 amide bonds. The first kappa shape index (κ1) is 18.5. The zero-order valence-electron chi connectivity index (χ0n) is 12.0. The van der Waals surface area contributed by atoms with Crippen molar-refractivity contribution in [2.75, 3.05) is 0 Å². The molecule has 0 spiro atoms. The second-order valence-corrected chi connectivity index (χ2v) is 6.43. The van der Waals surface area contributed by atoms with Gasteiger partial charge in [-0.2, -0.15) is 0 Å². The van der Waals surface area contributed by atoms with Gasteiger partial charge >= 0.3 is 0 Å². The van der Waals surface area contributed by atoms with Gasteiger partial charge in [0, 0.05) is 12.1 Å². The standard InChI is InChI=1S/C9H12N2O4S.C3H9N/c1-7(2)10-16(14,15)9-6-4-3-5-8(9)11(12)13;1-3(2)4/h3-7,10H,1-2H3;3H,4H2,1-2H3. The fourth-order valence-electron chi connectivity index (χ4n) is 1.21. The number of hydrogen-bond acceptors (Lipinski definition) is 5. The van der Waals surface area contributed by atoms with Gasteiger partial charge in [0.05, 0.1) is 4.92 Å². The van der Waals surface area contributed by atoms with Gasteiger partial charge in [0.2, 0.25) is 10.0 Å². The summed E-state index contributed by atoms with van der Waals surface area (Å²) in [4.78, 5) is 9.64. The highest BCUT2D eigenvalue weighted by molar-refractivity contribution is 7.89. The van der Waals surface area contributed by atoms with E-state index in [9.17, 15) is 18.5 Å². The first-order valence-electron chi connectivity index (χ1n) is 6.09. The Bertz CT molecular complexity index is 539. The summed E-state index contributed by atoms with van der Waals surface area (Å²) in [7, 11) is -3.83. The van der Waals surface area contributed by atoms with Gasteiger partial charge in [0.25, 0.3) is 5.69 Å². The van der Waals surface area contributed by atoms with Crippen molar-refractivity contribution in [2.24, 2.45) is 5.73 Å². The van der Waals surface area contributed by atoms with Gasteiger partial charge in [-0.3, -0.25) is 10.1 Å². The number of nitrogens with one attached hydrogen (secondary N) is 1. The number of para-hydroxylation sites is 1. The Morgan fingerprint density at radius 2 is 1.65 bits per heavy atom. The van der Waals surface area contributed by atoms with Crippen LogP contribution in [-0.2, 0) is 10.0 Å². The molecule has 0 saturated carbocycles. The molecule has 0 aliphatic carbocycles. The van der Waals surface area contributed by atoms with Crippen molar-refractivity contribution in [3.8, 4) is 0 Å². The Balaban J connectivity index is 0.000000796. The second-order valence-electron chi connectivity index (χ2n) is 4.74. The minimum Gasteiger partial charge on any atom is -0.328 e. The number of nitro benzene ring substituents is 1. The van der Waals surface area contributed by atoms with E-state index >= 15 is 0 Å². The number of nitro groups is 1. The molecule has 3 N–H and O–H groups in total. The van der Waals surface area contributed by atoms with E-state index in [0.717, 1.165) is 6.07 Å². The molecule has 1 aromatic carbocycles. The number of sulfonamides is 1. The predicted molar refractivity (Wildman–Crippen MR) is 77.9 cm³/mol. The molecule has 0 heterocycles. The average molecular weight is 303 g/mol. The van der Waals surface area contributed by atoms with E-state index in [1.54, 1.807) is 13.8 Å². The smallest absolute Gasteiger partial charge is 0.289 e. The van der Waals surface area contributed by atoms with Gasteiger partial charge in [0.1, 0.15) is 0 Å². The molecule has 0 aliphatic rings. The SMILES string of the molecule is CC(C)N.CC(C)NS(=O)(=O)c1ccccc1[N+](=O)[O-]. The molecule has 1 rings (SSSR count). The summed E-state index contributed by atoms with van der Waals surface area (Å²) in [5.41, 5.74) is 4.69. The molecule has 8 heteroatoms. The van der Waals surface area contributed by atoms with Gasteiger partial charge in [-0.15, -0.1) is 0 Å². The third-order valence-corrected chi connectivity index (χ3v) is 3.45. The molecular weight excluding hydrogens is 282 g/mol. The largest absolute Gasteiger partial charge is 0.328 e. The van der Waals surface area contributed by atoms with Crippen LogP contribution >= 0.6 is 0 Å². The van der Waals surface area contributed by atoms with Crippen LogP contribution in [0.2, 0.25) is 0 Å². The van der Waals surface area contributed by atoms with Crippen LogP contribution in [0.15, 0.2) is 29.2 Å². The van der Waals surface area contributed by atoms with E-state index in [0.29, 0.717) is 6.04 Å². The zero-order valence-corrected chi connectivity index (χ0v) is 12.8. The second kappa shape index (κ2) is 7.93. The van der Waals surface area contributed by atoms with Crippen molar-refractivity contribution in [1.29, 1.82) is 0 Å². The van der Waals surface area contributed by atoms with E-state index in [2.05, 4.69) is 4.72 Å². The van der Waals surface area contributed by atoms with Crippen molar-refractivity contribution >= 4 is 15.7 Å². The molecule has 1 aromatic rings. The van der Waals surface area contributed by atoms with E-state index in [-0.39, 0.29) is 10.9 Å². The van der Waals surface area contributed by atoms with Crippen molar-refractivity contribution in [3.05, 3.63) is 34.4 Å². The molecule has 0 atom stereocenters. The fraction of sp³-hybridized carbons (Fsp3) is 0.500. The third kappa shape index (κ3) is 6.60. The molecule has 0 aromatic heterocycles. The maximum Gasteiger partial charge on any atom is 0.289 e. The van der Waals surface area contributed by atoms with Gasteiger partial charge < -0.3 is 5.73 Å². The van der Waals surface area contributed by atoms with Gasteiger partial charge in [-0.1, -0.05) is 26.0 Å². The Morgan fingerprint density at radius 3 is 2.05 bits per heavy atom. The van der Waals surface area contributed by atoms with Crippen molar-refractivity contribution in [3.63, 3.8) is 0 Å². The summed E-state index contributed by atoms with van der Waals surface area (Å²) < 4.78 is 25.8. The summed E-state index contributed by atoms with van der Waals surface area (Å²) in [5, 5.41) is 10.7. The number of nitrogens with two attached hydrogens (primary N) is 1. The van der Waals surface area contributed by atoms with E-state index in [4.69, 9.17) is 5.73 Å². The highest BCUT2D eigenvalue weighted by Gasteiger charge is 2.25. The molecule has 0 radical (unpaired) electrons. The average Bonchev–Trinajstić information content (AvgIpc) is 2.26. The maximum atomic E-state index is 11.8. The molecule has 0 fully saturated rings.